The summed E-state index contributed by atoms with van der Waals surface area (Å²) in [6.45, 7) is 8.93. The van der Waals surface area contributed by atoms with E-state index in [0.717, 1.165) is 24.3 Å². The lowest BCUT2D eigenvalue weighted by Gasteiger charge is -2.31. The van der Waals surface area contributed by atoms with Crippen molar-refractivity contribution in [2.75, 3.05) is 11.9 Å². The summed E-state index contributed by atoms with van der Waals surface area (Å²) < 4.78 is 49.2. The van der Waals surface area contributed by atoms with Gasteiger partial charge < -0.3 is 19.9 Å². The molecule has 1 amide bonds. The molecule has 2 rings (SSSR count). The van der Waals surface area contributed by atoms with Crippen molar-refractivity contribution in [2.45, 2.75) is 58.7 Å². The molecule has 2 atom stereocenters. The van der Waals surface area contributed by atoms with Gasteiger partial charge in [0, 0.05) is 16.8 Å². The second-order valence-corrected chi connectivity index (χ2v) is 8.63. The third-order valence-corrected chi connectivity index (χ3v) is 4.47. The van der Waals surface area contributed by atoms with E-state index in [-0.39, 0.29) is 29.2 Å². The van der Waals surface area contributed by atoms with Crippen LogP contribution in [0.25, 0.3) is 0 Å². The maximum Gasteiger partial charge on any atom is 0.416 e. The molecule has 34 heavy (non-hydrogen) atoms. The third-order valence-electron chi connectivity index (χ3n) is 4.47. The molecule has 0 bridgehead atoms. The Morgan fingerprint density at radius 1 is 1.06 bits per heavy atom. The van der Waals surface area contributed by atoms with Gasteiger partial charge in [-0.3, -0.25) is 10.1 Å². The molecule has 0 radical (unpaired) electrons. The molecule has 7 nitrogen and oxygen atoms in total. The number of benzene rings is 2. The van der Waals surface area contributed by atoms with Gasteiger partial charge in [0.25, 0.3) is 5.91 Å². The second-order valence-electron chi connectivity index (χ2n) is 8.63. The summed E-state index contributed by atoms with van der Waals surface area (Å²) in [4.78, 5) is 25.0. The Kier molecular flexibility index (Phi) is 8.68. The Morgan fingerprint density at radius 3 is 2.18 bits per heavy atom. The van der Waals surface area contributed by atoms with Crippen LogP contribution < -0.4 is 15.4 Å². The van der Waals surface area contributed by atoms with Gasteiger partial charge in [0.1, 0.15) is 17.4 Å². The number of anilines is 1. The van der Waals surface area contributed by atoms with Gasteiger partial charge in [0.05, 0.1) is 12.2 Å². The lowest BCUT2D eigenvalue weighted by atomic mass is 10.1. The molecule has 0 spiro atoms. The van der Waals surface area contributed by atoms with Crippen molar-refractivity contribution in [3.8, 4) is 5.75 Å². The molecule has 0 aromatic heterocycles. The molecule has 186 valence electrons. The molecule has 2 aromatic carbocycles. The van der Waals surface area contributed by atoms with Crippen LogP contribution in [0, 0.1) is 0 Å². The molecular formula is C24H29F3N2O5. The van der Waals surface area contributed by atoms with Crippen molar-refractivity contribution in [1.29, 1.82) is 0 Å². The lowest BCUT2D eigenvalue weighted by Crippen LogP contribution is -2.51. The highest BCUT2D eigenvalue weighted by Gasteiger charge is 2.30. The topological polar surface area (TPSA) is 96.9 Å². The Hall–Kier alpha value is -3.11. The minimum atomic E-state index is -4.51. The van der Waals surface area contributed by atoms with Crippen molar-refractivity contribution >= 4 is 17.6 Å². The van der Waals surface area contributed by atoms with Gasteiger partial charge in [0.2, 0.25) is 0 Å². The van der Waals surface area contributed by atoms with Crippen LogP contribution in [-0.4, -0.2) is 41.5 Å². The fraction of sp³-hybridized carbons (Fsp3) is 0.417. The van der Waals surface area contributed by atoms with Crippen molar-refractivity contribution in [3.05, 3.63) is 59.2 Å². The number of aliphatic hydroxyl groups excluding tert-OH is 1. The van der Waals surface area contributed by atoms with Gasteiger partial charge in [-0.25, -0.2) is 4.79 Å². The summed E-state index contributed by atoms with van der Waals surface area (Å²) in [6, 6.07) is 8.00. The van der Waals surface area contributed by atoms with E-state index in [1.165, 1.54) is 25.1 Å². The van der Waals surface area contributed by atoms with Gasteiger partial charge >= 0.3 is 12.1 Å². The summed E-state index contributed by atoms with van der Waals surface area (Å²) in [6.07, 6.45) is -6.28. The number of ether oxygens (including phenoxy) is 2. The second kappa shape index (κ2) is 10.9. The molecule has 0 aliphatic heterocycles. The van der Waals surface area contributed by atoms with Crippen LogP contribution in [0.3, 0.4) is 0 Å². The average Bonchev–Trinajstić information content (AvgIpc) is 2.72. The van der Waals surface area contributed by atoms with Crippen LogP contribution in [0.5, 0.6) is 5.75 Å². The molecule has 0 aliphatic rings. The number of hydrogen-bond donors (Lipinski definition) is 3. The lowest BCUT2D eigenvalue weighted by molar-refractivity contribution is -0.137. The van der Waals surface area contributed by atoms with Crippen LogP contribution in [0.4, 0.5) is 18.9 Å². The number of carbonyl (C=O) groups is 2. The summed E-state index contributed by atoms with van der Waals surface area (Å²) >= 11 is 0. The van der Waals surface area contributed by atoms with Crippen molar-refractivity contribution in [2.24, 2.45) is 0 Å². The van der Waals surface area contributed by atoms with E-state index in [0.29, 0.717) is 0 Å². The third kappa shape index (κ3) is 7.74. The van der Waals surface area contributed by atoms with Gasteiger partial charge in [-0.15, -0.1) is 0 Å². The first-order valence-electron chi connectivity index (χ1n) is 10.6. The number of alkyl halides is 3. The SMILES string of the molecule is CCOC(=O)c1cc(NC(=O)c2ccc(C(F)(F)F)cc2)ccc1OC(NC(C)(C)C)C(C)O. The highest BCUT2D eigenvalue weighted by molar-refractivity contribution is 6.05. The number of aliphatic hydroxyl groups is 1. The first kappa shape index (κ1) is 27.1. The maximum atomic E-state index is 12.7. The van der Waals surface area contributed by atoms with Crippen LogP contribution >= 0.6 is 0 Å². The molecule has 0 aliphatic carbocycles. The van der Waals surface area contributed by atoms with Crippen LogP contribution in [0.15, 0.2) is 42.5 Å². The molecule has 0 saturated carbocycles. The first-order chi connectivity index (χ1) is 15.7. The van der Waals surface area contributed by atoms with Crippen LogP contribution in [-0.2, 0) is 10.9 Å². The Labute approximate surface area is 196 Å². The quantitative estimate of drug-likeness (QED) is 0.376. The van der Waals surface area contributed by atoms with E-state index in [2.05, 4.69) is 10.6 Å². The predicted octanol–water partition coefficient (Wildman–Crippen LogP) is 4.61. The molecule has 3 N–H and O–H groups in total. The zero-order valence-electron chi connectivity index (χ0n) is 19.6. The summed E-state index contributed by atoms with van der Waals surface area (Å²) in [7, 11) is 0. The summed E-state index contributed by atoms with van der Waals surface area (Å²) in [5.41, 5.74) is -1.05. The van der Waals surface area contributed by atoms with E-state index < -0.39 is 41.5 Å². The predicted molar refractivity (Wildman–Crippen MR) is 121 cm³/mol. The van der Waals surface area contributed by atoms with Crippen molar-refractivity contribution < 1.29 is 37.3 Å². The number of nitrogens with one attached hydrogen (secondary N) is 2. The number of hydrogen-bond acceptors (Lipinski definition) is 6. The largest absolute Gasteiger partial charge is 0.472 e. The Bertz CT molecular complexity index is 999. The van der Waals surface area contributed by atoms with Gasteiger partial charge in [0.15, 0.2) is 6.23 Å². The number of esters is 1. The number of rotatable bonds is 8. The molecule has 0 heterocycles. The van der Waals surface area contributed by atoms with E-state index in [4.69, 9.17) is 9.47 Å². The molecule has 10 heteroatoms. The first-order valence-corrected chi connectivity index (χ1v) is 10.6. The van der Waals surface area contributed by atoms with Gasteiger partial charge in [-0.1, -0.05) is 0 Å². The van der Waals surface area contributed by atoms with Gasteiger partial charge in [-0.05, 0) is 77.1 Å². The Morgan fingerprint density at radius 2 is 1.68 bits per heavy atom. The monoisotopic (exact) mass is 482 g/mol. The normalized spacial score (nSPS) is 13.7. The highest BCUT2D eigenvalue weighted by Crippen LogP contribution is 2.30. The molecular weight excluding hydrogens is 453 g/mol. The average molecular weight is 482 g/mol. The highest BCUT2D eigenvalue weighted by atomic mass is 19.4. The zero-order chi connectivity index (χ0) is 25.7. The van der Waals surface area contributed by atoms with E-state index in [1.54, 1.807) is 6.92 Å². The maximum absolute atomic E-state index is 12.7. The fourth-order valence-corrected chi connectivity index (χ4v) is 2.90. The number of halogens is 3. The van der Waals surface area contributed by atoms with E-state index in [1.807, 2.05) is 20.8 Å². The van der Waals surface area contributed by atoms with E-state index >= 15 is 0 Å². The minimum Gasteiger partial charge on any atom is -0.472 e. The minimum absolute atomic E-state index is 0.00780. The van der Waals surface area contributed by atoms with Crippen molar-refractivity contribution in [1.82, 2.24) is 5.32 Å². The molecule has 2 aromatic rings. The van der Waals surface area contributed by atoms with Gasteiger partial charge in [-0.2, -0.15) is 13.2 Å². The smallest absolute Gasteiger partial charge is 0.416 e. The van der Waals surface area contributed by atoms with Crippen molar-refractivity contribution in [3.63, 3.8) is 0 Å². The molecule has 0 fully saturated rings. The molecule has 0 saturated heterocycles. The fourth-order valence-electron chi connectivity index (χ4n) is 2.90. The van der Waals surface area contributed by atoms with Crippen LogP contribution in [0.2, 0.25) is 0 Å². The van der Waals surface area contributed by atoms with E-state index in [9.17, 15) is 27.9 Å². The zero-order valence-corrected chi connectivity index (χ0v) is 19.6. The number of carbonyl (C=O) groups excluding carboxylic acids is 2. The standard InChI is InChI=1S/C24H29F3N2O5/c1-6-33-22(32)18-13-17(11-12-19(18)34-21(14(2)30)29-23(3,4)5)28-20(31)15-7-9-16(10-8-15)24(25,26)27/h7-14,21,29-30H,6H2,1-5H3,(H,28,31). The summed E-state index contributed by atoms with van der Waals surface area (Å²) in [5.74, 6) is -1.25. The number of amides is 1. The molecule has 2 unspecified atom stereocenters. The van der Waals surface area contributed by atoms with Crippen LogP contribution in [0.1, 0.15) is 60.9 Å². The summed E-state index contributed by atoms with van der Waals surface area (Å²) in [5, 5.41) is 15.8. The Balaban J connectivity index is 2.30.